The summed E-state index contributed by atoms with van der Waals surface area (Å²) in [7, 11) is 0. The lowest BCUT2D eigenvalue weighted by Gasteiger charge is -2.09. The number of hydrogen-bond acceptors (Lipinski definition) is 5. The summed E-state index contributed by atoms with van der Waals surface area (Å²) >= 11 is 5.77. The van der Waals surface area contributed by atoms with Crippen LogP contribution < -0.4 is 10.6 Å². The fourth-order valence-electron chi connectivity index (χ4n) is 2.31. The summed E-state index contributed by atoms with van der Waals surface area (Å²) in [6, 6.07) is 10.4. The van der Waals surface area contributed by atoms with Crippen molar-refractivity contribution < 1.29 is 4.39 Å². The van der Waals surface area contributed by atoms with Gasteiger partial charge in [-0.05, 0) is 55.3 Å². The van der Waals surface area contributed by atoms with E-state index in [1.807, 2.05) is 26.0 Å². The van der Waals surface area contributed by atoms with E-state index in [4.69, 9.17) is 11.6 Å². The topological polar surface area (TPSA) is 62.7 Å². The van der Waals surface area contributed by atoms with E-state index in [9.17, 15) is 4.39 Å². The van der Waals surface area contributed by atoms with E-state index in [-0.39, 0.29) is 5.02 Å². The van der Waals surface area contributed by atoms with Crippen LogP contribution in [0, 0.1) is 19.7 Å². The van der Waals surface area contributed by atoms with Gasteiger partial charge in [0.25, 0.3) is 0 Å². The molecule has 0 aliphatic rings. The highest BCUT2D eigenvalue weighted by Gasteiger charge is 2.05. The molecule has 2 N–H and O–H groups in total. The van der Waals surface area contributed by atoms with Crippen molar-refractivity contribution in [2.75, 3.05) is 10.6 Å². The molecule has 0 radical (unpaired) electrons. The van der Waals surface area contributed by atoms with E-state index in [2.05, 4.69) is 31.9 Å². The Morgan fingerprint density at radius 1 is 0.958 bits per heavy atom. The molecule has 0 aliphatic heterocycles. The molecule has 5 nitrogen and oxygen atoms in total. The van der Waals surface area contributed by atoms with Crippen molar-refractivity contribution in [2.45, 2.75) is 13.8 Å². The van der Waals surface area contributed by atoms with Crippen molar-refractivity contribution in [3.63, 3.8) is 0 Å². The van der Waals surface area contributed by atoms with Gasteiger partial charge in [0.1, 0.15) is 5.82 Å². The molecule has 2 aromatic carbocycles. The van der Waals surface area contributed by atoms with Crippen molar-refractivity contribution >= 4 is 34.7 Å². The molecule has 3 rings (SSSR count). The number of anilines is 4. The largest absolute Gasteiger partial charge is 0.339 e. The first-order valence-electron chi connectivity index (χ1n) is 7.27. The lowest BCUT2D eigenvalue weighted by molar-refractivity contribution is 0.628. The van der Waals surface area contributed by atoms with Crippen LogP contribution in [-0.4, -0.2) is 15.2 Å². The van der Waals surface area contributed by atoms with Crippen molar-refractivity contribution in [1.29, 1.82) is 0 Å². The maximum atomic E-state index is 13.2. The van der Waals surface area contributed by atoms with Gasteiger partial charge >= 0.3 is 0 Å². The van der Waals surface area contributed by atoms with Gasteiger partial charge in [-0.1, -0.05) is 17.7 Å². The van der Waals surface area contributed by atoms with Crippen LogP contribution in [0.5, 0.6) is 0 Å². The first kappa shape index (κ1) is 16.1. The van der Waals surface area contributed by atoms with Crippen LogP contribution in [-0.2, 0) is 0 Å². The zero-order chi connectivity index (χ0) is 17.1. The summed E-state index contributed by atoms with van der Waals surface area (Å²) in [5.74, 6) is 0.359. The summed E-state index contributed by atoms with van der Waals surface area (Å²) < 4.78 is 13.2. The molecule has 0 amide bonds. The fourth-order valence-corrected chi connectivity index (χ4v) is 2.49. The standard InChI is InChI=1S/C17H15ClFN5/c1-10-5-11(2)7-13(6-10)22-17-23-16(9-20-24-17)21-12-3-4-15(19)14(18)8-12/h3-9H,1-2H3,(H2,21,22,23,24). The molecule has 0 aliphatic carbocycles. The van der Waals surface area contributed by atoms with E-state index in [1.54, 1.807) is 6.07 Å². The average molecular weight is 344 g/mol. The number of benzene rings is 2. The van der Waals surface area contributed by atoms with E-state index < -0.39 is 5.82 Å². The number of aryl methyl sites for hydroxylation is 2. The highest BCUT2D eigenvalue weighted by molar-refractivity contribution is 6.31. The minimum absolute atomic E-state index is 0.0376. The monoisotopic (exact) mass is 343 g/mol. The third kappa shape index (κ3) is 3.97. The average Bonchev–Trinajstić information content (AvgIpc) is 2.50. The number of aromatic nitrogens is 3. The number of nitrogens with zero attached hydrogens (tertiary/aromatic N) is 3. The highest BCUT2D eigenvalue weighted by atomic mass is 35.5. The second-order valence-electron chi connectivity index (χ2n) is 5.42. The minimum atomic E-state index is -0.472. The first-order valence-corrected chi connectivity index (χ1v) is 7.64. The maximum Gasteiger partial charge on any atom is 0.249 e. The van der Waals surface area contributed by atoms with Crippen LogP contribution in [0.1, 0.15) is 11.1 Å². The van der Waals surface area contributed by atoms with Crippen LogP contribution in [0.15, 0.2) is 42.6 Å². The lowest BCUT2D eigenvalue weighted by Crippen LogP contribution is -2.02. The molecule has 1 aromatic heterocycles. The summed E-state index contributed by atoms with van der Waals surface area (Å²) in [5.41, 5.74) is 3.77. The predicted octanol–water partition coefficient (Wildman–Crippen LogP) is 4.77. The Kier molecular flexibility index (Phi) is 4.57. The SMILES string of the molecule is Cc1cc(C)cc(Nc2nncc(Nc3ccc(F)c(Cl)c3)n2)c1. The molecule has 0 unspecified atom stereocenters. The zero-order valence-electron chi connectivity index (χ0n) is 13.1. The van der Waals surface area contributed by atoms with Gasteiger partial charge in [-0.3, -0.25) is 0 Å². The van der Waals surface area contributed by atoms with Gasteiger partial charge in [0.2, 0.25) is 5.95 Å². The van der Waals surface area contributed by atoms with Gasteiger partial charge in [0, 0.05) is 11.4 Å². The molecule has 24 heavy (non-hydrogen) atoms. The van der Waals surface area contributed by atoms with Crippen LogP contribution >= 0.6 is 11.6 Å². The summed E-state index contributed by atoms with van der Waals surface area (Å²) in [6.07, 6.45) is 1.48. The van der Waals surface area contributed by atoms with Gasteiger partial charge in [0.15, 0.2) is 5.82 Å². The maximum absolute atomic E-state index is 13.2. The second kappa shape index (κ2) is 6.80. The zero-order valence-corrected chi connectivity index (χ0v) is 13.9. The van der Waals surface area contributed by atoms with E-state index in [1.165, 1.54) is 18.3 Å². The van der Waals surface area contributed by atoms with Crippen LogP contribution in [0.3, 0.4) is 0 Å². The quantitative estimate of drug-likeness (QED) is 0.714. The molecule has 1 heterocycles. The molecule has 122 valence electrons. The van der Waals surface area contributed by atoms with Gasteiger partial charge in [0.05, 0.1) is 11.2 Å². The first-order chi connectivity index (χ1) is 11.5. The van der Waals surface area contributed by atoms with Gasteiger partial charge in [-0.15, -0.1) is 5.10 Å². The molecule has 0 saturated carbocycles. The van der Waals surface area contributed by atoms with Crippen LogP contribution in [0.2, 0.25) is 5.02 Å². The molecule has 3 aromatic rings. The molecular formula is C17H15ClFN5. The minimum Gasteiger partial charge on any atom is -0.339 e. The Balaban J connectivity index is 1.79. The number of nitrogens with one attached hydrogen (secondary N) is 2. The van der Waals surface area contributed by atoms with Gasteiger partial charge < -0.3 is 10.6 Å². The number of rotatable bonds is 4. The van der Waals surface area contributed by atoms with E-state index >= 15 is 0 Å². The second-order valence-corrected chi connectivity index (χ2v) is 5.83. The van der Waals surface area contributed by atoms with Crippen molar-refractivity contribution in [2.24, 2.45) is 0 Å². The third-order valence-corrected chi connectivity index (χ3v) is 3.52. The van der Waals surface area contributed by atoms with Crippen LogP contribution in [0.4, 0.5) is 27.5 Å². The fraction of sp³-hybridized carbons (Fsp3) is 0.118. The molecule has 0 bridgehead atoms. The normalized spacial score (nSPS) is 10.5. The predicted molar refractivity (Wildman–Crippen MR) is 93.7 cm³/mol. The number of hydrogen-bond donors (Lipinski definition) is 2. The van der Waals surface area contributed by atoms with Crippen molar-refractivity contribution in [3.05, 3.63) is 64.6 Å². The number of halogens is 2. The summed E-state index contributed by atoms with van der Waals surface area (Å²) in [4.78, 5) is 4.34. The molecule has 0 spiro atoms. The molecule has 0 atom stereocenters. The summed E-state index contributed by atoms with van der Waals surface area (Å²) in [5, 5.41) is 14.1. The smallest absolute Gasteiger partial charge is 0.249 e. The molecular weight excluding hydrogens is 329 g/mol. The lowest BCUT2D eigenvalue weighted by atomic mass is 10.1. The Morgan fingerprint density at radius 3 is 2.42 bits per heavy atom. The van der Waals surface area contributed by atoms with Crippen molar-refractivity contribution in [3.8, 4) is 0 Å². The summed E-state index contributed by atoms with van der Waals surface area (Å²) in [6.45, 7) is 4.04. The Bertz CT molecular complexity index is 864. The molecule has 0 saturated heterocycles. The van der Waals surface area contributed by atoms with E-state index in [0.29, 0.717) is 17.5 Å². The highest BCUT2D eigenvalue weighted by Crippen LogP contribution is 2.22. The Morgan fingerprint density at radius 2 is 1.71 bits per heavy atom. The van der Waals surface area contributed by atoms with Crippen LogP contribution in [0.25, 0.3) is 0 Å². The van der Waals surface area contributed by atoms with E-state index in [0.717, 1.165) is 16.8 Å². The van der Waals surface area contributed by atoms with Crippen molar-refractivity contribution in [1.82, 2.24) is 15.2 Å². The third-order valence-electron chi connectivity index (χ3n) is 3.23. The van der Waals surface area contributed by atoms with Gasteiger partial charge in [-0.2, -0.15) is 10.1 Å². The Labute approximate surface area is 143 Å². The molecule has 7 heteroatoms. The Hall–Kier alpha value is -2.73. The molecule has 0 fully saturated rings. The van der Waals surface area contributed by atoms with Gasteiger partial charge in [-0.25, -0.2) is 4.39 Å².